The number of hydrogen-bond acceptors (Lipinski definition) is 3. The minimum Gasteiger partial charge on any atom is -0.391 e. The van der Waals surface area contributed by atoms with Gasteiger partial charge in [0.1, 0.15) is 5.82 Å². The SMILES string of the molecule is CCN(c1c(CO)c(C)nn1C)C1CC1. The summed E-state index contributed by atoms with van der Waals surface area (Å²) in [4.78, 5) is 2.35. The van der Waals surface area contributed by atoms with Gasteiger partial charge in [-0.2, -0.15) is 5.10 Å². The van der Waals surface area contributed by atoms with Crippen LogP contribution in [0.1, 0.15) is 31.0 Å². The molecule has 4 nitrogen and oxygen atoms in total. The lowest BCUT2D eigenvalue weighted by Crippen LogP contribution is -2.28. The molecule has 1 aliphatic rings. The molecule has 1 N–H and O–H groups in total. The number of rotatable bonds is 4. The molecular weight excluding hydrogens is 190 g/mol. The van der Waals surface area contributed by atoms with Crippen molar-refractivity contribution in [3.63, 3.8) is 0 Å². The van der Waals surface area contributed by atoms with Crippen LogP contribution < -0.4 is 4.90 Å². The van der Waals surface area contributed by atoms with Crippen molar-refractivity contribution < 1.29 is 5.11 Å². The summed E-state index contributed by atoms with van der Waals surface area (Å²) in [7, 11) is 1.95. The molecule has 15 heavy (non-hydrogen) atoms. The highest BCUT2D eigenvalue weighted by atomic mass is 16.3. The van der Waals surface area contributed by atoms with Crippen LogP contribution in [0.5, 0.6) is 0 Å². The van der Waals surface area contributed by atoms with E-state index in [1.807, 2.05) is 18.7 Å². The van der Waals surface area contributed by atoms with Gasteiger partial charge in [0.25, 0.3) is 0 Å². The van der Waals surface area contributed by atoms with Crippen LogP contribution in [0.2, 0.25) is 0 Å². The fourth-order valence-corrected chi connectivity index (χ4v) is 2.20. The summed E-state index contributed by atoms with van der Waals surface area (Å²) < 4.78 is 1.89. The molecule has 0 atom stereocenters. The molecule has 1 aromatic rings. The van der Waals surface area contributed by atoms with E-state index in [0.29, 0.717) is 6.04 Å². The minimum atomic E-state index is 0.0816. The van der Waals surface area contributed by atoms with Crippen molar-refractivity contribution in [3.8, 4) is 0 Å². The van der Waals surface area contributed by atoms with E-state index >= 15 is 0 Å². The smallest absolute Gasteiger partial charge is 0.132 e. The summed E-state index contributed by atoms with van der Waals surface area (Å²) in [6.07, 6.45) is 2.53. The van der Waals surface area contributed by atoms with Crippen molar-refractivity contribution in [3.05, 3.63) is 11.3 Å². The van der Waals surface area contributed by atoms with Crippen LogP contribution in [-0.2, 0) is 13.7 Å². The van der Waals surface area contributed by atoms with Gasteiger partial charge in [0.15, 0.2) is 0 Å². The van der Waals surface area contributed by atoms with Crippen molar-refractivity contribution in [2.45, 2.75) is 39.3 Å². The molecule has 0 radical (unpaired) electrons. The molecule has 0 aliphatic heterocycles. The molecule has 1 fully saturated rings. The number of hydrogen-bond donors (Lipinski definition) is 1. The maximum Gasteiger partial charge on any atom is 0.132 e. The van der Waals surface area contributed by atoms with Gasteiger partial charge in [-0.05, 0) is 26.7 Å². The zero-order chi connectivity index (χ0) is 11.0. The standard InChI is InChI=1S/C11H19N3O/c1-4-14(9-5-6-9)11-10(7-15)8(2)12-13(11)3/h9,15H,4-7H2,1-3H3. The number of nitrogens with zero attached hydrogens (tertiary/aromatic N) is 3. The molecule has 1 aliphatic carbocycles. The van der Waals surface area contributed by atoms with Crippen LogP contribution in [-0.4, -0.2) is 27.5 Å². The number of aromatic nitrogens is 2. The third kappa shape index (κ3) is 1.74. The first kappa shape index (κ1) is 10.5. The van der Waals surface area contributed by atoms with Crippen molar-refractivity contribution in [2.24, 2.45) is 7.05 Å². The number of anilines is 1. The minimum absolute atomic E-state index is 0.0816. The Hall–Kier alpha value is -1.03. The van der Waals surface area contributed by atoms with Gasteiger partial charge in [0, 0.05) is 25.2 Å². The first-order chi connectivity index (χ1) is 7.19. The lowest BCUT2D eigenvalue weighted by Gasteiger charge is -2.23. The highest BCUT2D eigenvalue weighted by molar-refractivity contribution is 5.51. The second-order valence-electron chi connectivity index (χ2n) is 4.19. The molecule has 1 saturated carbocycles. The van der Waals surface area contributed by atoms with Gasteiger partial charge in [-0.1, -0.05) is 0 Å². The summed E-state index contributed by atoms with van der Waals surface area (Å²) in [6, 6.07) is 0.662. The maximum atomic E-state index is 9.38. The predicted octanol–water partition coefficient (Wildman–Crippen LogP) is 1.21. The van der Waals surface area contributed by atoms with Crippen molar-refractivity contribution >= 4 is 5.82 Å². The van der Waals surface area contributed by atoms with E-state index in [9.17, 15) is 5.11 Å². The Kier molecular flexibility index (Phi) is 2.69. The Balaban J connectivity index is 2.39. The lowest BCUT2D eigenvalue weighted by atomic mass is 10.2. The van der Waals surface area contributed by atoms with E-state index in [2.05, 4.69) is 16.9 Å². The van der Waals surface area contributed by atoms with E-state index in [0.717, 1.165) is 23.6 Å². The first-order valence-electron chi connectivity index (χ1n) is 5.59. The van der Waals surface area contributed by atoms with Gasteiger partial charge in [0.05, 0.1) is 12.3 Å². The Bertz CT molecular complexity index is 355. The van der Waals surface area contributed by atoms with Gasteiger partial charge in [-0.25, -0.2) is 0 Å². The van der Waals surface area contributed by atoms with Crippen molar-refractivity contribution in [2.75, 3.05) is 11.4 Å². The molecule has 0 amide bonds. The summed E-state index contributed by atoms with van der Waals surface area (Å²) in [5.74, 6) is 1.10. The average molecular weight is 209 g/mol. The number of aliphatic hydroxyl groups is 1. The van der Waals surface area contributed by atoms with Crippen LogP contribution in [0.3, 0.4) is 0 Å². The molecule has 0 spiro atoms. The summed E-state index contributed by atoms with van der Waals surface area (Å²) in [6.45, 7) is 5.17. The van der Waals surface area contributed by atoms with Gasteiger partial charge in [-0.15, -0.1) is 0 Å². The van der Waals surface area contributed by atoms with E-state index in [-0.39, 0.29) is 6.61 Å². The van der Waals surface area contributed by atoms with Gasteiger partial charge in [-0.3, -0.25) is 4.68 Å². The average Bonchev–Trinajstić information content (AvgIpc) is 2.97. The summed E-state index contributed by atoms with van der Waals surface area (Å²) in [5.41, 5.74) is 1.92. The van der Waals surface area contributed by atoms with Crippen LogP contribution in [0.4, 0.5) is 5.82 Å². The van der Waals surface area contributed by atoms with Gasteiger partial charge < -0.3 is 10.0 Å². The highest BCUT2D eigenvalue weighted by Gasteiger charge is 2.31. The zero-order valence-electron chi connectivity index (χ0n) is 9.69. The highest BCUT2D eigenvalue weighted by Crippen LogP contribution is 2.34. The second-order valence-corrected chi connectivity index (χ2v) is 4.19. The zero-order valence-corrected chi connectivity index (χ0v) is 9.69. The predicted molar refractivity (Wildman–Crippen MR) is 59.9 cm³/mol. The van der Waals surface area contributed by atoms with Crippen molar-refractivity contribution in [1.29, 1.82) is 0 Å². The van der Waals surface area contributed by atoms with Gasteiger partial charge >= 0.3 is 0 Å². The van der Waals surface area contributed by atoms with E-state index in [1.165, 1.54) is 12.8 Å². The van der Waals surface area contributed by atoms with Crippen LogP contribution in [0.25, 0.3) is 0 Å². The number of aryl methyl sites for hydroxylation is 2. The van der Waals surface area contributed by atoms with Crippen LogP contribution in [0, 0.1) is 6.92 Å². The third-order valence-electron chi connectivity index (χ3n) is 3.07. The molecule has 0 bridgehead atoms. The molecule has 0 unspecified atom stereocenters. The Morgan fingerprint density at radius 1 is 1.53 bits per heavy atom. The van der Waals surface area contributed by atoms with E-state index < -0.39 is 0 Å². The molecule has 84 valence electrons. The molecule has 0 aromatic carbocycles. The second kappa shape index (κ2) is 3.85. The summed E-state index contributed by atoms with van der Waals surface area (Å²) in [5, 5.41) is 13.8. The largest absolute Gasteiger partial charge is 0.391 e. The molecule has 2 rings (SSSR count). The number of aliphatic hydroxyl groups excluding tert-OH is 1. The maximum absolute atomic E-state index is 9.38. The molecule has 1 heterocycles. The lowest BCUT2D eigenvalue weighted by molar-refractivity contribution is 0.281. The Morgan fingerprint density at radius 2 is 2.20 bits per heavy atom. The van der Waals surface area contributed by atoms with E-state index in [1.54, 1.807) is 0 Å². The Labute approximate surface area is 90.5 Å². The Morgan fingerprint density at radius 3 is 2.67 bits per heavy atom. The molecular formula is C11H19N3O. The third-order valence-corrected chi connectivity index (χ3v) is 3.07. The fraction of sp³-hybridized carbons (Fsp3) is 0.727. The van der Waals surface area contributed by atoms with Crippen LogP contribution in [0.15, 0.2) is 0 Å². The van der Waals surface area contributed by atoms with E-state index in [4.69, 9.17) is 0 Å². The first-order valence-corrected chi connectivity index (χ1v) is 5.59. The normalized spacial score (nSPS) is 15.7. The van der Waals surface area contributed by atoms with Crippen molar-refractivity contribution in [1.82, 2.24) is 9.78 Å². The fourth-order valence-electron chi connectivity index (χ4n) is 2.20. The summed E-state index contributed by atoms with van der Waals surface area (Å²) >= 11 is 0. The molecule has 4 heteroatoms. The molecule has 0 saturated heterocycles. The van der Waals surface area contributed by atoms with Crippen LogP contribution >= 0.6 is 0 Å². The molecule has 1 aromatic heterocycles. The quantitative estimate of drug-likeness (QED) is 0.810. The monoisotopic (exact) mass is 209 g/mol. The topological polar surface area (TPSA) is 41.3 Å². The van der Waals surface area contributed by atoms with Gasteiger partial charge in [0.2, 0.25) is 0 Å².